The fourth-order valence-corrected chi connectivity index (χ4v) is 4.87. The molecule has 2 saturated carbocycles. The zero-order chi connectivity index (χ0) is 16.4. The Labute approximate surface area is 137 Å². The van der Waals surface area contributed by atoms with Gasteiger partial charge < -0.3 is 4.74 Å². The first-order valence-electron chi connectivity index (χ1n) is 8.79. The molecule has 0 bridgehead atoms. The first-order valence-corrected chi connectivity index (χ1v) is 8.79. The van der Waals surface area contributed by atoms with Crippen LogP contribution in [0.15, 0.2) is 24.3 Å². The Kier molecular flexibility index (Phi) is 5.03. The minimum absolute atomic E-state index is 0.0165. The molecule has 0 heterocycles. The van der Waals surface area contributed by atoms with Crippen molar-refractivity contribution in [1.82, 2.24) is 0 Å². The Bertz CT molecular complexity index is 581. The van der Waals surface area contributed by atoms with Gasteiger partial charge in [0.15, 0.2) is 11.6 Å². The molecule has 0 aliphatic heterocycles. The molecule has 3 heteroatoms. The van der Waals surface area contributed by atoms with Crippen molar-refractivity contribution >= 4 is 0 Å². The van der Waals surface area contributed by atoms with Crippen molar-refractivity contribution < 1.29 is 13.5 Å². The van der Waals surface area contributed by atoms with E-state index in [-0.39, 0.29) is 5.75 Å². The van der Waals surface area contributed by atoms with Crippen LogP contribution in [0, 0.1) is 35.3 Å². The molecule has 1 nitrogen and oxygen atoms in total. The first kappa shape index (κ1) is 16.5. The van der Waals surface area contributed by atoms with Crippen LogP contribution in [0.3, 0.4) is 0 Å². The van der Waals surface area contributed by atoms with E-state index in [2.05, 4.69) is 19.1 Å². The number of methoxy groups -OCH3 is 1. The Balaban J connectivity index is 1.63. The van der Waals surface area contributed by atoms with Gasteiger partial charge in [0.1, 0.15) is 0 Å². The summed E-state index contributed by atoms with van der Waals surface area (Å²) in [6.07, 6.45) is 11.3. The normalized spacial score (nSPS) is 30.1. The third-order valence-electron chi connectivity index (χ3n) is 5.98. The molecule has 0 aromatic heterocycles. The number of allylic oxidation sites excluding steroid dienone is 2. The SMILES string of the molecule is CC=CC1CCC2C(CCc3ccc(OC)c(F)c3F)CCC12. The summed E-state index contributed by atoms with van der Waals surface area (Å²) < 4.78 is 32.7. The summed E-state index contributed by atoms with van der Waals surface area (Å²) in [5, 5.41) is 0. The summed E-state index contributed by atoms with van der Waals surface area (Å²) in [5.41, 5.74) is 0.481. The monoisotopic (exact) mass is 320 g/mol. The van der Waals surface area contributed by atoms with Gasteiger partial charge in [0.2, 0.25) is 5.82 Å². The van der Waals surface area contributed by atoms with E-state index in [1.54, 1.807) is 6.07 Å². The van der Waals surface area contributed by atoms with Crippen LogP contribution in [-0.4, -0.2) is 7.11 Å². The van der Waals surface area contributed by atoms with Crippen LogP contribution < -0.4 is 4.74 Å². The Morgan fingerprint density at radius 2 is 1.87 bits per heavy atom. The third kappa shape index (κ3) is 3.15. The van der Waals surface area contributed by atoms with Crippen LogP contribution in [0.1, 0.15) is 44.6 Å². The molecule has 0 N–H and O–H groups in total. The zero-order valence-corrected chi connectivity index (χ0v) is 14.0. The second-order valence-electron chi connectivity index (χ2n) is 7.03. The molecule has 23 heavy (non-hydrogen) atoms. The van der Waals surface area contributed by atoms with Crippen LogP contribution in [-0.2, 0) is 6.42 Å². The predicted molar refractivity (Wildman–Crippen MR) is 88.5 cm³/mol. The van der Waals surface area contributed by atoms with Crippen molar-refractivity contribution in [1.29, 1.82) is 0 Å². The van der Waals surface area contributed by atoms with Crippen LogP contribution in [0.2, 0.25) is 0 Å². The van der Waals surface area contributed by atoms with E-state index in [1.807, 2.05) is 0 Å². The highest BCUT2D eigenvalue weighted by atomic mass is 19.2. The van der Waals surface area contributed by atoms with E-state index in [0.29, 0.717) is 17.9 Å². The highest BCUT2D eigenvalue weighted by molar-refractivity contribution is 5.31. The van der Waals surface area contributed by atoms with Gasteiger partial charge in [-0.2, -0.15) is 4.39 Å². The van der Waals surface area contributed by atoms with Gasteiger partial charge in [0, 0.05) is 0 Å². The molecule has 0 amide bonds. The summed E-state index contributed by atoms with van der Waals surface area (Å²) in [5.74, 6) is 1.39. The summed E-state index contributed by atoms with van der Waals surface area (Å²) in [6.45, 7) is 2.10. The fraction of sp³-hybridized carbons (Fsp3) is 0.600. The van der Waals surface area contributed by atoms with E-state index in [4.69, 9.17) is 4.74 Å². The van der Waals surface area contributed by atoms with Gasteiger partial charge in [-0.15, -0.1) is 0 Å². The fourth-order valence-electron chi connectivity index (χ4n) is 4.87. The van der Waals surface area contributed by atoms with E-state index in [9.17, 15) is 8.78 Å². The number of benzene rings is 1. The van der Waals surface area contributed by atoms with E-state index in [1.165, 1.54) is 38.9 Å². The highest BCUT2D eigenvalue weighted by Crippen LogP contribution is 2.52. The van der Waals surface area contributed by atoms with Gasteiger partial charge in [-0.1, -0.05) is 18.2 Å². The first-order chi connectivity index (χ1) is 11.2. The smallest absolute Gasteiger partial charge is 0.200 e. The standard InChI is InChI=1S/C20H26F2O/c1-3-4-13-7-10-17-14(8-11-16(13)17)5-6-15-9-12-18(23-2)20(22)19(15)21/h3-4,9,12-14,16-17H,5-8,10-11H2,1-2H3. The minimum Gasteiger partial charge on any atom is -0.494 e. The number of halogens is 2. The number of fused-ring (bicyclic) bond motifs is 1. The maximum absolute atomic E-state index is 14.1. The van der Waals surface area contributed by atoms with Gasteiger partial charge in [-0.05, 0) is 80.8 Å². The van der Waals surface area contributed by atoms with Crippen molar-refractivity contribution in [3.05, 3.63) is 41.5 Å². The average molecular weight is 320 g/mol. The van der Waals surface area contributed by atoms with E-state index < -0.39 is 11.6 Å². The zero-order valence-electron chi connectivity index (χ0n) is 14.0. The minimum atomic E-state index is -0.858. The summed E-state index contributed by atoms with van der Waals surface area (Å²) >= 11 is 0. The highest BCUT2D eigenvalue weighted by Gasteiger charge is 2.43. The molecule has 4 unspecified atom stereocenters. The average Bonchev–Trinajstić information content (AvgIpc) is 3.13. The molecule has 0 radical (unpaired) electrons. The van der Waals surface area contributed by atoms with Gasteiger partial charge in [-0.25, -0.2) is 4.39 Å². The lowest BCUT2D eigenvalue weighted by Crippen LogP contribution is -2.13. The largest absolute Gasteiger partial charge is 0.494 e. The molecular formula is C20H26F2O. The Hall–Kier alpha value is -1.38. The number of hydrogen-bond donors (Lipinski definition) is 0. The third-order valence-corrected chi connectivity index (χ3v) is 5.98. The molecule has 2 aliphatic carbocycles. The van der Waals surface area contributed by atoms with Crippen LogP contribution in [0.25, 0.3) is 0 Å². The molecule has 1 aromatic carbocycles. The van der Waals surface area contributed by atoms with Crippen molar-refractivity contribution in [2.75, 3.05) is 7.11 Å². The lowest BCUT2D eigenvalue weighted by molar-refractivity contribution is 0.319. The number of ether oxygens (including phenoxy) is 1. The lowest BCUT2D eigenvalue weighted by atomic mass is 9.86. The van der Waals surface area contributed by atoms with Crippen molar-refractivity contribution in [2.24, 2.45) is 23.7 Å². The molecular weight excluding hydrogens is 294 g/mol. The molecule has 0 saturated heterocycles. The Morgan fingerprint density at radius 3 is 2.61 bits per heavy atom. The van der Waals surface area contributed by atoms with Gasteiger partial charge in [-0.3, -0.25) is 0 Å². The molecule has 2 fully saturated rings. The van der Waals surface area contributed by atoms with Gasteiger partial charge >= 0.3 is 0 Å². The van der Waals surface area contributed by atoms with E-state index in [0.717, 1.165) is 24.2 Å². The quantitative estimate of drug-likeness (QED) is 0.648. The second-order valence-corrected chi connectivity index (χ2v) is 7.03. The second kappa shape index (κ2) is 7.02. The summed E-state index contributed by atoms with van der Waals surface area (Å²) in [6, 6.07) is 3.20. The van der Waals surface area contributed by atoms with Gasteiger partial charge in [0.25, 0.3) is 0 Å². The number of aryl methyl sites for hydroxylation is 1. The summed E-state index contributed by atoms with van der Waals surface area (Å²) in [4.78, 5) is 0. The molecule has 3 rings (SSSR count). The molecule has 126 valence electrons. The molecule has 0 spiro atoms. The molecule has 4 atom stereocenters. The Morgan fingerprint density at radius 1 is 1.09 bits per heavy atom. The number of rotatable bonds is 5. The molecule has 1 aromatic rings. The van der Waals surface area contributed by atoms with Crippen LogP contribution in [0.5, 0.6) is 5.75 Å². The van der Waals surface area contributed by atoms with Crippen molar-refractivity contribution in [3.8, 4) is 5.75 Å². The van der Waals surface area contributed by atoms with Crippen LogP contribution >= 0.6 is 0 Å². The van der Waals surface area contributed by atoms with Crippen molar-refractivity contribution in [3.63, 3.8) is 0 Å². The maximum atomic E-state index is 14.1. The molecule has 2 aliphatic rings. The topological polar surface area (TPSA) is 9.23 Å². The maximum Gasteiger partial charge on any atom is 0.200 e. The lowest BCUT2D eigenvalue weighted by Gasteiger charge is -2.20. The van der Waals surface area contributed by atoms with E-state index >= 15 is 0 Å². The number of hydrogen-bond acceptors (Lipinski definition) is 1. The predicted octanol–water partition coefficient (Wildman–Crippen LogP) is 5.53. The van der Waals surface area contributed by atoms with Crippen molar-refractivity contribution in [2.45, 2.75) is 45.4 Å². The van der Waals surface area contributed by atoms with Crippen LogP contribution in [0.4, 0.5) is 8.78 Å². The van der Waals surface area contributed by atoms with Gasteiger partial charge in [0.05, 0.1) is 7.11 Å². The summed E-state index contributed by atoms with van der Waals surface area (Å²) in [7, 11) is 1.36.